The molecule has 1 amide bonds. The Hall–Kier alpha value is -1.16. The maximum absolute atomic E-state index is 13.0. The average Bonchev–Trinajstić information content (AvgIpc) is 2.19. The zero-order chi connectivity index (χ0) is 14.1. The molecule has 0 aliphatic carbocycles. The van der Waals surface area contributed by atoms with Gasteiger partial charge in [-0.1, -0.05) is 6.07 Å². The molecule has 18 heavy (non-hydrogen) atoms. The van der Waals surface area contributed by atoms with E-state index < -0.39 is 37.3 Å². The third-order valence-corrected chi connectivity index (χ3v) is 3.60. The molecule has 0 radical (unpaired) electrons. The highest BCUT2D eigenvalue weighted by atomic mass is 79.9. The Morgan fingerprint density at radius 3 is 2.33 bits per heavy atom. The van der Waals surface area contributed by atoms with E-state index in [4.69, 9.17) is 0 Å². The summed E-state index contributed by atoms with van der Waals surface area (Å²) in [4.78, 5) is 11.3. The third-order valence-electron chi connectivity index (χ3n) is 1.73. The number of rotatable bonds is 2. The summed E-state index contributed by atoms with van der Waals surface area (Å²) >= 11 is 2.63. The second-order valence-electron chi connectivity index (χ2n) is 2.98. The van der Waals surface area contributed by atoms with E-state index in [2.05, 4.69) is 15.9 Å². The van der Waals surface area contributed by atoms with E-state index in [0.717, 1.165) is 22.9 Å². The molecule has 0 aliphatic heterocycles. The van der Waals surface area contributed by atoms with E-state index in [1.54, 1.807) is 0 Å². The van der Waals surface area contributed by atoms with Crippen LogP contribution in [0.3, 0.4) is 0 Å². The van der Waals surface area contributed by atoms with Gasteiger partial charge in [-0.3, -0.25) is 4.79 Å². The molecular formula is C8H4BrF4NO3S. The van der Waals surface area contributed by atoms with Crippen LogP contribution in [0.15, 0.2) is 22.7 Å². The van der Waals surface area contributed by atoms with Crippen LogP contribution in [0.5, 0.6) is 0 Å². The molecule has 1 aromatic rings. The summed E-state index contributed by atoms with van der Waals surface area (Å²) in [6.45, 7) is 0. The molecule has 1 aromatic carbocycles. The summed E-state index contributed by atoms with van der Waals surface area (Å²) in [5.74, 6) is -2.49. The molecule has 0 bridgehead atoms. The van der Waals surface area contributed by atoms with Gasteiger partial charge in [0.1, 0.15) is 5.82 Å². The molecule has 0 saturated heterocycles. The normalized spacial score (nSPS) is 12.3. The predicted molar refractivity (Wildman–Crippen MR) is 56.5 cm³/mol. The number of carbonyl (C=O) groups excluding carboxylic acids is 1. The number of hydrogen-bond donors (Lipinski definition) is 1. The van der Waals surface area contributed by atoms with Crippen molar-refractivity contribution in [2.24, 2.45) is 0 Å². The van der Waals surface area contributed by atoms with Crippen LogP contribution in [0.2, 0.25) is 0 Å². The van der Waals surface area contributed by atoms with Crippen LogP contribution in [-0.2, 0) is 10.0 Å². The first-order valence-electron chi connectivity index (χ1n) is 4.13. The molecule has 0 aromatic heterocycles. The molecule has 1 rings (SSSR count). The summed E-state index contributed by atoms with van der Waals surface area (Å²) in [5, 5.41) is 0. The van der Waals surface area contributed by atoms with Gasteiger partial charge in [0, 0.05) is 0 Å². The lowest BCUT2D eigenvalue weighted by atomic mass is 10.2. The molecule has 10 heteroatoms. The molecule has 100 valence electrons. The van der Waals surface area contributed by atoms with E-state index >= 15 is 0 Å². The van der Waals surface area contributed by atoms with Gasteiger partial charge in [-0.25, -0.2) is 9.11 Å². The molecule has 0 spiro atoms. The summed E-state index contributed by atoms with van der Waals surface area (Å²) in [6, 6.07) is 2.96. The molecule has 0 heterocycles. The van der Waals surface area contributed by atoms with Gasteiger partial charge in [0.05, 0.1) is 10.0 Å². The van der Waals surface area contributed by atoms with Crippen LogP contribution in [0.1, 0.15) is 10.4 Å². The van der Waals surface area contributed by atoms with Gasteiger partial charge in [-0.05, 0) is 28.1 Å². The Kier molecular flexibility index (Phi) is 4.01. The van der Waals surface area contributed by atoms with Crippen LogP contribution in [0, 0.1) is 5.82 Å². The zero-order valence-electron chi connectivity index (χ0n) is 8.25. The minimum atomic E-state index is -5.82. The van der Waals surface area contributed by atoms with Crippen LogP contribution in [0.25, 0.3) is 0 Å². The fourth-order valence-electron chi connectivity index (χ4n) is 0.914. The van der Waals surface area contributed by atoms with E-state index in [1.165, 1.54) is 0 Å². The highest BCUT2D eigenvalue weighted by Gasteiger charge is 2.47. The van der Waals surface area contributed by atoms with Gasteiger partial charge in [-0.15, -0.1) is 0 Å². The number of halogens is 5. The second kappa shape index (κ2) is 4.84. The largest absolute Gasteiger partial charge is 0.516 e. The van der Waals surface area contributed by atoms with E-state index in [1.807, 2.05) is 0 Å². The molecular weight excluding hydrogens is 346 g/mol. The maximum atomic E-state index is 13.0. The summed E-state index contributed by atoms with van der Waals surface area (Å²) in [6.07, 6.45) is 0. The number of sulfonamides is 1. The number of amides is 1. The first-order valence-corrected chi connectivity index (χ1v) is 6.41. The highest BCUT2D eigenvalue weighted by molar-refractivity contribution is 9.10. The zero-order valence-corrected chi connectivity index (χ0v) is 10.7. The molecule has 0 unspecified atom stereocenters. The molecule has 0 fully saturated rings. The number of alkyl halides is 3. The van der Waals surface area contributed by atoms with Crippen LogP contribution >= 0.6 is 15.9 Å². The lowest BCUT2D eigenvalue weighted by Crippen LogP contribution is -2.40. The average molecular weight is 350 g/mol. The van der Waals surface area contributed by atoms with Crippen molar-refractivity contribution in [3.8, 4) is 0 Å². The van der Waals surface area contributed by atoms with Gasteiger partial charge in [0.2, 0.25) is 0 Å². The lowest BCUT2D eigenvalue weighted by Gasteiger charge is -2.10. The number of benzene rings is 1. The third kappa shape index (κ3) is 2.99. The Morgan fingerprint density at radius 2 is 1.83 bits per heavy atom. The summed E-state index contributed by atoms with van der Waals surface area (Å²) < 4.78 is 70.7. The number of carbonyl (C=O) groups is 1. The van der Waals surface area contributed by atoms with Crippen molar-refractivity contribution in [2.75, 3.05) is 0 Å². The van der Waals surface area contributed by atoms with Crippen molar-refractivity contribution in [3.05, 3.63) is 34.1 Å². The van der Waals surface area contributed by atoms with Crippen molar-refractivity contribution in [1.82, 2.24) is 4.72 Å². The Balaban J connectivity index is 3.08. The van der Waals surface area contributed by atoms with Crippen molar-refractivity contribution in [1.29, 1.82) is 0 Å². The molecule has 0 atom stereocenters. The molecule has 4 nitrogen and oxygen atoms in total. The van der Waals surface area contributed by atoms with Gasteiger partial charge in [-0.2, -0.15) is 21.6 Å². The summed E-state index contributed by atoms with van der Waals surface area (Å²) in [7, 11) is -5.82. The quantitative estimate of drug-likeness (QED) is 0.832. The van der Waals surface area contributed by atoms with Crippen LogP contribution in [-0.4, -0.2) is 19.8 Å². The number of nitrogens with one attached hydrogen (secondary N) is 1. The Labute approximate surface area is 107 Å². The van der Waals surface area contributed by atoms with Gasteiger partial charge < -0.3 is 0 Å². The maximum Gasteiger partial charge on any atom is 0.516 e. The minimum Gasteiger partial charge on any atom is -0.268 e. The van der Waals surface area contributed by atoms with E-state index in [0.29, 0.717) is 0 Å². The topological polar surface area (TPSA) is 63.2 Å². The second-order valence-corrected chi connectivity index (χ2v) is 5.45. The summed E-state index contributed by atoms with van der Waals surface area (Å²) in [5.41, 5.74) is -6.19. The Morgan fingerprint density at radius 1 is 1.28 bits per heavy atom. The van der Waals surface area contributed by atoms with E-state index in [-0.39, 0.29) is 0 Å². The van der Waals surface area contributed by atoms with E-state index in [9.17, 15) is 30.8 Å². The van der Waals surface area contributed by atoms with Crippen molar-refractivity contribution in [3.63, 3.8) is 0 Å². The SMILES string of the molecule is O=C(NS(=O)(=O)C(F)(F)F)c1cccc(F)c1Br. The smallest absolute Gasteiger partial charge is 0.268 e. The minimum absolute atomic E-state index is 0.431. The molecule has 1 N–H and O–H groups in total. The lowest BCUT2D eigenvalue weighted by molar-refractivity contribution is -0.0446. The first-order chi connectivity index (χ1) is 8.06. The van der Waals surface area contributed by atoms with Gasteiger partial charge in [0.25, 0.3) is 5.91 Å². The van der Waals surface area contributed by atoms with Crippen molar-refractivity contribution in [2.45, 2.75) is 5.51 Å². The Bertz CT molecular complexity index is 584. The standard InChI is InChI=1S/C8H4BrF4NO3S/c9-6-4(2-1-3-5(6)10)7(15)14-18(16,17)8(11,12)13/h1-3H,(H,14,15). The van der Waals surface area contributed by atoms with Crippen LogP contribution in [0.4, 0.5) is 17.6 Å². The van der Waals surface area contributed by atoms with Crippen LogP contribution < -0.4 is 4.72 Å². The van der Waals surface area contributed by atoms with Crippen molar-refractivity contribution < 1.29 is 30.8 Å². The number of hydrogen-bond acceptors (Lipinski definition) is 3. The highest BCUT2D eigenvalue weighted by Crippen LogP contribution is 2.24. The molecule has 0 aliphatic rings. The first kappa shape index (κ1) is 14.9. The fraction of sp³-hybridized carbons (Fsp3) is 0.125. The molecule has 0 saturated carbocycles. The van der Waals surface area contributed by atoms with Crippen molar-refractivity contribution >= 4 is 31.9 Å². The van der Waals surface area contributed by atoms with Gasteiger partial charge in [0.15, 0.2) is 0 Å². The predicted octanol–water partition coefficient (Wildman–Crippen LogP) is 2.17. The fourth-order valence-corrected chi connectivity index (χ4v) is 1.83. The van der Waals surface area contributed by atoms with Gasteiger partial charge >= 0.3 is 15.5 Å². The monoisotopic (exact) mass is 349 g/mol.